The molecule has 1 aromatic rings. The van der Waals surface area contributed by atoms with Crippen molar-refractivity contribution in [3.8, 4) is 11.5 Å². The molecule has 0 spiro atoms. The number of benzene rings is 1. The zero-order chi connectivity index (χ0) is 26.0. The van der Waals surface area contributed by atoms with Crippen LogP contribution in [0.4, 0.5) is 0 Å². The van der Waals surface area contributed by atoms with Crippen LogP contribution >= 0.6 is 0 Å². The Labute approximate surface area is 200 Å². The fourth-order valence-electron chi connectivity index (χ4n) is 4.09. The van der Waals surface area contributed by atoms with Gasteiger partial charge in [0.1, 0.15) is 42.0 Å². The van der Waals surface area contributed by atoms with Gasteiger partial charge in [0.05, 0.1) is 7.11 Å². The van der Waals surface area contributed by atoms with Crippen LogP contribution < -0.4 is 9.47 Å². The Kier molecular flexibility index (Phi) is 8.00. The number of cyclic esters (lactones) is 1. The number of allylic oxidation sites excluding steroid dienone is 2. The zero-order valence-corrected chi connectivity index (χ0v) is 19.4. The fourth-order valence-corrected chi connectivity index (χ4v) is 4.09. The average molecular weight is 496 g/mol. The number of carboxylic acids is 2. The van der Waals surface area contributed by atoms with Gasteiger partial charge in [0.2, 0.25) is 6.29 Å². The van der Waals surface area contributed by atoms with E-state index in [4.69, 9.17) is 24.1 Å². The topological polar surface area (TPSA) is 189 Å². The predicted octanol–water partition coefficient (Wildman–Crippen LogP) is 0.299. The zero-order valence-electron chi connectivity index (χ0n) is 19.4. The first-order valence-corrected chi connectivity index (χ1v) is 10.8. The molecule has 192 valence electrons. The summed E-state index contributed by atoms with van der Waals surface area (Å²) in [6.45, 7) is 3.40. The Balaban J connectivity index is 2.07. The molecule has 5 atom stereocenters. The normalized spacial score (nSPS) is 26.2. The van der Waals surface area contributed by atoms with Crippen molar-refractivity contribution in [2.75, 3.05) is 7.11 Å². The van der Waals surface area contributed by atoms with Crippen molar-refractivity contribution < 1.29 is 58.9 Å². The van der Waals surface area contributed by atoms with E-state index in [9.17, 15) is 34.8 Å². The lowest BCUT2D eigenvalue weighted by Gasteiger charge is -2.39. The molecule has 0 bridgehead atoms. The first-order valence-electron chi connectivity index (χ1n) is 10.8. The molecule has 0 radical (unpaired) electrons. The molecule has 2 unspecified atom stereocenters. The van der Waals surface area contributed by atoms with Crippen LogP contribution in [0.25, 0.3) is 0 Å². The molecule has 0 aliphatic carbocycles. The monoisotopic (exact) mass is 496 g/mol. The lowest BCUT2D eigenvalue weighted by Crippen LogP contribution is -2.61. The Hall–Kier alpha value is -3.19. The van der Waals surface area contributed by atoms with Crippen molar-refractivity contribution >= 4 is 17.9 Å². The highest BCUT2D eigenvalue weighted by atomic mass is 16.7. The third-order valence-corrected chi connectivity index (χ3v) is 6.06. The van der Waals surface area contributed by atoms with Gasteiger partial charge >= 0.3 is 17.9 Å². The van der Waals surface area contributed by atoms with Gasteiger partial charge in [-0.05, 0) is 32.3 Å². The largest absolute Gasteiger partial charge is 0.496 e. The number of fused-ring (bicyclic) bond motifs is 1. The van der Waals surface area contributed by atoms with E-state index >= 15 is 0 Å². The first kappa shape index (κ1) is 26.4. The van der Waals surface area contributed by atoms with Crippen LogP contribution in [0.1, 0.15) is 46.8 Å². The Morgan fingerprint density at radius 2 is 1.77 bits per heavy atom. The first-order chi connectivity index (χ1) is 16.5. The average Bonchev–Trinajstić information content (AvgIpc) is 3.19. The van der Waals surface area contributed by atoms with Crippen molar-refractivity contribution in [2.24, 2.45) is 0 Å². The third-order valence-electron chi connectivity index (χ3n) is 6.06. The van der Waals surface area contributed by atoms with Crippen LogP contribution in [-0.4, -0.2) is 81.3 Å². The number of hydrogen-bond donors (Lipinski definition) is 5. The summed E-state index contributed by atoms with van der Waals surface area (Å²) in [7, 11) is 1.41. The van der Waals surface area contributed by atoms with Gasteiger partial charge < -0.3 is 44.5 Å². The number of hydrogen-bond acceptors (Lipinski definition) is 10. The number of rotatable bonds is 9. The van der Waals surface area contributed by atoms with Crippen molar-refractivity contribution in [3.63, 3.8) is 0 Å². The summed E-state index contributed by atoms with van der Waals surface area (Å²) in [6.07, 6.45) is -7.23. The smallest absolute Gasteiger partial charge is 0.342 e. The predicted molar refractivity (Wildman–Crippen MR) is 116 cm³/mol. The minimum Gasteiger partial charge on any atom is -0.496 e. The summed E-state index contributed by atoms with van der Waals surface area (Å²) in [4.78, 5) is 35.0. The lowest BCUT2D eigenvalue weighted by atomic mass is 9.94. The summed E-state index contributed by atoms with van der Waals surface area (Å²) in [5.74, 6) is -2.99. The molecular formula is C23H28O12. The summed E-state index contributed by atoms with van der Waals surface area (Å²) in [6, 6.07) is 0. The Bertz CT molecular complexity index is 1050. The summed E-state index contributed by atoms with van der Waals surface area (Å²) >= 11 is 0. The Morgan fingerprint density at radius 3 is 2.37 bits per heavy atom. The number of aliphatic hydroxyl groups excluding tert-OH is 3. The second kappa shape index (κ2) is 10.6. The van der Waals surface area contributed by atoms with E-state index in [0.717, 1.165) is 5.57 Å². The van der Waals surface area contributed by atoms with Crippen LogP contribution in [0.2, 0.25) is 0 Å². The third kappa shape index (κ3) is 5.25. The molecule has 35 heavy (non-hydrogen) atoms. The van der Waals surface area contributed by atoms with Gasteiger partial charge in [-0.15, -0.1) is 0 Å². The highest BCUT2D eigenvalue weighted by Gasteiger charge is 2.49. The fraction of sp³-hybridized carbons (Fsp3) is 0.522. The van der Waals surface area contributed by atoms with Crippen molar-refractivity contribution in [3.05, 3.63) is 33.9 Å². The second-order valence-electron chi connectivity index (χ2n) is 8.40. The molecule has 1 fully saturated rings. The van der Waals surface area contributed by atoms with E-state index in [2.05, 4.69) is 0 Å². The molecule has 2 aliphatic rings. The molecule has 1 aromatic carbocycles. The molecular weight excluding hydrogens is 468 g/mol. The van der Waals surface area contributed by atoms with Gasteiger partial charge in [-0.3, -0.25) is 4.79 Å². The maximum Gasteiger partial charge on any atom is 0.342 e. The number of aliphatic hydroxyl groups is 3. The minimum absolute atomic E-state index is 0.0400. The van der Waals surface area contributed by atoms with E-state index in [1.807, 2.05) is 0 Å². The van der Waals surface area contributed by atoms with E-state index < -0.39 is 48.6 Å². The maximum absolute atomic E-state index is 12.6. The molecule has 0 aromatic heterocycles. The highest BCUT2D eigenvalue weighted by molar-refractivity contribution is 5.98. The number of ether oxygens (including phenoxy) is 4. The molecule has 2 aliphatic heterocycles. The second-order valence-corrected chi connectivity index (χ2v) is 8.40. The summed E-state index contributed by atoms with van der Waals surface area (Å²) in [5.41, 5.74) is 2.22. The van der Waals surface area contributed by atoms with Gasteiger partial charge in [0, 0.05) is 17.5 Å². The van der Waals surface area contributed by atoms with Gasteiger partial charge in [-0.2, -0.15) is 0 Å². The van der Waals surface area contributed by atoms with Crippen LogP contribution in [0.15, 0.2) is 11.6 Å². The molecule has 0 saturated carbocycles. The molecule has 3 rings (SSSR count). The van der Waals surface area contributed by atoms with Crippen molar-refractivity contribution in [2.45, 2.75) is 70.4 Å². The van der Waals surface area contributed by atoms with Crippen molar-refractivity contribution in [1.29, 1.82) is 0 Å². The van der Waals surface area contributed by atoms with Gasteiger partial charge in [-0.25, -0.2) is 9.59 Å². The van der Waals surface area contributed by atoms with Crippen LogP contribution in [0.3, 0.4) is 0 Å². The summed E-state index contributed by atoms with van der Waals surface area (Å²) < 4.78 is 21.8. The quantitative estimate of drug-likeness (QED) is 0.233. The molecule has 12 heteroatoms. The van der Waals surface area contributed by atoms with Gasteiger partial charge in [-0.1, -0.05) is 11.6 Å². The Morgan fingerprint density at radius 1 is 1.09 bits per heavy atom. The van der Waals surface area contributed by atoms with Gasteiger partial charge in [0.15, 0.2) is 6.10 Å². The minimum atomic E-state index is -1.91. The van der Waals surface area contributed by atoms with Crippen LogP contribution in [0.5, 0.6) is 11.5 Å². The van der Waals surface area contributed by atoms with E-state index in [1.54, 1.807) is 19.9 Å². The van der Waals surface area contributed by atoms with Crippen LogP contribution in [0, 0.1) is 6.92 Å². The van der Waals surface area contributed by atoms with Crippen molar-refractivity contribution in [1.82, 2.24) is 0 Å². The molecule has 2 heterocycles. The molecule has 12 nitrogen and oxygen atoms in total. The summed E-state index contributed by atoms with van der Waals surface area (Å²) in [5, 5.41) is 48.8. The molecule has 0 amide bonds. The van der Waals surface area contributed by atoms with E-state index in [1.165, 1.54) is 7.11 Å². The number of carbonyl (C=O) groups is 3. The van der Waals surface area contributed by atoms with E-state index in [0.29, 0.717) is 22.4 Å². The lowest BCUT2D eigenvalue weighted by molar-refractivity contribution is -0.271. The molecule has 1 saturated heterocycles. The number of aliphatic carboxylic acids is 2. The van der Waals surface area contributed by atoms with E-state index in [-0.39, 0.29) is 37.2 Å². The number of methoxy groups -OCH3 is 1. The number of carboxylic acid groups (broad SMARTS) is 2. The maximum atomic E-state index is 12.6. The standard InChI is InChI=1S/C23H28O12/c1-9(5-7-13(24)25)4-6-11-18(32-3)10(2)12-8-33-22(31)14(12)19(11)34-23-17(28)15(26)16(27)20(35-23)21(29)30/h4,15-17,20,23,26-28H,5-8H2,1-3H3,(H,24,25)(H,29,30)/b9-4+/t15?,16-,17-,20?,23+/m0/s1. The highest BCUT2D eigenvalue weighted by Crippen LogP contribution is 2.44. The van der Waals surface area contributed by atoms with Gasteiger partial charge in [0.25, 0.3) is 0 Å². The number of carbonyl (C=O) groups excluding carboxylic acids is 1. The number of esters is 1. The molecule has 5 N–H and O–H groups in total. The van der Waals surface area contributed by atoms with Crippen LogP contribution in [-0.2, 0) is 32.1 Å². The SMILES string of the molecule is COc1c(C)c2c(c(O[C@@H]3OC(C(=O)O)[C@@H](O)C(O)[C@@H]3O)c1C/C=C(\C)CCC(=O)O)C(=O)OC2.